The van der Waals surface area contributed by atoms with E-state index in [1.54, 1.807) is 0 Å². The fourth-order valence-corrected chi connectivity index (χ4v) is 7.72. The molecule has 6 heterocycles. The van der Waals surface area contributed by atoms with Gasteiger partial charge in [-0.1, -0.05) is 84.9 Å². The van der Waals surface area contributed by atoms with Crippen LogP contribution in [-0.4, -0.2) is 24.3 Å². The van der Waals surface area contributed by atoms with Crippen LogP contribution >= 0.6 is 0 Å². The fourth-order valence-electron chi connectivity index (χ4n) is 7.72. The second-order valence-corrected chi connectivity index (χ2v) is 12.7. The van der Waals surface area contributed by atoms with Gasteiger partial charge in [-0.25, -0.2) is 9.97 Å². The Labute approximate surface area is 285 Å². The topological polar surface area (TPSA) is 69.1 Å². The van der Waals surface area contributed by atoms with Crippen LogP contribution in [-0.2, 0) is 0 Å². The van der Waals surface area contributed by atoms with Crippen LogP contribution in [0.3, 0.4) is 0 Å². The molecule has 0 fully saturated rings. The van der Waals surface area contributed by atoms with Gasteiger partial charge in [-0.05, 0) is 48.0 Å². The average Bonchev–Trinajstić information content (AvgIpc) is 3.84. The lowest BCUT2D eigenvalue weighted by atomic mass is 9.92. The fraction of sp³-hybridized carbons (Fsp3) is 0. The Kier molecular flexibility index (Phi) is 5.57. The Morgan fingerprint density at radius 2 is 1.02 bits per heavy atom. The van der Waals surface area contributed by atoms with E-state index in [0.717, 1.165) is 93.7 Å². The molecule has 0 aliphatic rings. The van der Waals surface area contributed by atoms with Gasteiger partial charge in [0.25, 0.3) is 0 Å². The summed E-state index contributed by atoms with van der Waals surface area (Å²) < 4.78 is 8.59. The molecule has 6 heteroatoms. The number of rotatable bonds is 4. The van der Waals surface area contributed by atoms with Gasteiger partial charge >= 0.3 is 0 Å². The predicted molar refractivity (Wildman–Crippen MR) is 201 cm³/mol. The normalized spacial score (nSPS) is 12.0. The molecular weight excluding hydrogens is 615 g/mol. The molecule has 5 aromatic carbocycles. The summed E-state index contributed by atoms with van der Waals surface area (Å²) in [5, 5.41) is 6.77. The maximum atomic E-state index is 6.30. The van der Waals surface area contributed by atoms with Crippen LogP contribution in [0.5, 0.6) is 0 Å². The predicted octanol–water partition coefficient (Wildman–Crippen LogP) is 11.0. The van der Waals surface area contributed by atoms with Gasteiger partial charge in [0.2, 0.25) is 0 Å². The number of furan rings is 1. The highest BCUT2D eigenvalue weighted by atomic mass is 16.3. The van der Waals surface area contributed by atoms with E-state index in [1.807, 2.05) is 55.1 Å². The van der Waals surface area contributed by atoms with Crippen molar-refractivity contribution >= 4 is 60.0 Å². The molecule has 11 rings (SSSR count). The van der Waals surface area contributed by atoms with Crippen molar-refractivity contribution in [3.8, 4) is 45.0 Å². The van der Waals surface area contributed by atoms with Crippen LogP contribution < -0.4 is 0 Å². The van der Waals surface area contributed by atoms with Gasteiger partial charge in [0.05, 0.1) is 40.3 Å². The number of aromatic nitrogens is 5. The zero-order valence-electron chi connectivity index (χ0n) is 26.6. The first-order valence-electron chi connectivity index (χ1n) is 16.6. The lowest BCUT2D eigenvalue weighted by Gasteiger charge is -2.17. The van der Waals surface area contributed by atoms with Crippen molar-refractivity contribution in [2.45, 2.75) is 0 Å². The standard InChI is InChI=1S/C44H25N5O/c1-3-9-26(10-4-1)41-40(29-21-34-30-17-19-45-24-36(30)49-37-25-46-20-18-31(37)35(22-29)43(34)49)42(27-11-5-2-6-12-27)48-44(47-41)28-15-16-33-32-13-7-8-14-38(32)50-39(33)23-28/h1-25H. The first-order valence-corrected chi connectivity index (χ1v) is 16.6. The number of pyridine rings is 2. The van der Waals surface area contributed by atoms with E-state index in [4.69, 9.17) is 14.4 Å². The summed E-state index contributed by atoms with van der Waals surface area (Å²) >= 11 is 0. The summed E-state index contributed by atoms with van der Waals surface area (Å²) in [6.07, 6.45) is 7.63. The van der Waals surface area contributed by atoms with Crippen LogP contribution in [0.15, 0.2) is 157 Å². The first-order chi connectivity index (χ1) is 24.8. The molecule has 0 aliphatic heterocycles. The van der Waals surface area contributed by atoms with Crippen molar-refractivity contribution in [1.82, 2.24) is 24.3 Å². The molecule has 0 N–H and O–H groups in total. The Morgan fingerprint density at radius 1 is 0.440 bits per heavy atom. The number of benzene rings is 5. The Balaban J connectivity index is 1.26. The molecular formula is C44H25N5O. The van der Waals surface area contributed by atoms with E-state index in [9.17, 15) is 0 Å². The Bertz CT molecular complexity index is 2950. The van der Waals surface area contributed by atoms with Gasteiger partial charge in [0.1, 0.15) is 11.2 Å². The maximum Gasteiger partial charge on any atom is 0.160 e. The van der Waals surface area contributed by atoms with Crippen molar-refractivity contribution in [1.29, 1.82) is 0 Å². The molecule has 50 heavy (non-hydrogen) atoms. The third kappa shape index (κ3) is 3.84. The second-order valence-electron chi connectivity index (χ2n) is 12.7. The summed E-state index contributed by atoms with van der Waals surface area (Å²) in [4.78, 5) is 19.8. The quantitative estimate of drug-likeness (QED) is 0.192. The van der Waals surface area contributed by atoms with Gasteiger partial charge in [-0.3, -0.25) is 9.97 Å². The highest BCUT2D eigenvalue weighted by Gasteiger charge is 2.24. The third-order valence-electron chi connectivity index (χ3n) is 9.92. The van der Waals surface area contributed by atoms with Gasteiger partial charge < -0.3 is 8.82 Å². The van der Waals surface area contributed by atoms with Crippen molar-refractivity contribution in [2.75, 3.05) is 0 Å². The number of nitrogens with zero attached hydrogens (tertiary/aromatic N) is 5. The SMILES string of the molecule is c1ccc(-c2nc(-c3ccc4c(c3)oc3ccccc34)nc(-c3ccccc3)c2-c2cc3c4ccncc4n4c5cnccc5c(c2)c34)cc1. The number of hydrogen-bond acceptors (Lipinski definition) is 5. The van der Waals surface area contributed by atoms with E-state index in [-0.39, 0.29) is 0 Å². The number of fused-ring (bicyclic) bond motifs is 9. The molecule has 0 amide bonds. The van der Waals surface area contributed by atoms with Gasteiger partial charge in [0, 0.05) is 67.0 Å². The zero-order chi connectivity index (χ0) is 32.8. The highest BCUT2D eigenvalue weighted by Crippen LogP contribution is 2.45. The van der Waals surface area contributed by atoms with E-state index in [2.05, 4.69) is 111 Å². The Hall–Kier alpha value is -6.92. The molecule has 0 radical (unpaired) electrons. The van der Waals surface area contributed by atoms with Gasteiger partial charge in [0.15, 0.2) is 5.82 Å². The van der Waals surface area contributed by atoms with Crippen LogP contribution in [0.25, 0.3) is 105 Å². The van der Waals surface area contributed by atoms with Crippen molar-refractivity contribution in [2.24, 2.45) is 0 Å². The molecule has 6 aromatic heterocycles. The molecule has 6 nitrogen and oxygen atoms in total. The molecule has 0 aliphatic carbocycles. The molecule has 0 bridgehead atoms. The van der Waals surface area contributed by atoms with Crippen LogP contribution in [0, 0.1) is 0 Å². The molecule has 0 saturated carbocycles. The minimum atomic E-state index is 0.638. The first kappa shape index (κ1) is 27.1. The average molecular weight is 640 g/mol. The molecule has 11 aromatic rings. The van der Waals surface area contributed by atoms with Crippen LogP contribution in [0.1, 0.15) is 0 Å². The van der Waals surface area contributed by atoms with Gasteiger partial charge in [-0.15, -0.1) is 0 Å². The van der Waals surface area contributed by atoms with E-state index in [1.165, 1.54) is 5.52 Å². The molecule has 0 atom stereocenters. The van der Waals surface area contributed by atoms with Crippen molar-refractivity contribution in [3.05, 3.63) is 152 Å². The number of hydrogen-bond donors (Lipinski definition) is 0. The maximum absolute atomic E-state index is 6.30. The number of para-hydroxylation sites is 1. The van der Waals surface area contributed by atoms with E-state index in [0.29, 0.717) is 5.82 Å². The minimum absolute atomic E-state index is 0.638. The summed E-state index contributed by atoms with van der Waals surface area (Å²) in [6, 6.07) is 44.1. The zero-order valence-corrected chi connectivity index (χ0v) is 26.6. The largest absolute Gasteiger partial charge is 0.456 e. The lowest BCUT2D eigenvalue weighted by molar-refractivity contribution is 0.669. The van der Waals surface area contributed by atoms with Crippen LogP contribution in [0.4, 0.5) is 0 Å². The minimum Gasteiger partial charge on any atom is -0.456 e. The monoisotopic (exact) mass is 639 g/mol. The molecule has 0 unspecified atom stereocenters. The highest BCUT2D eigenvalue weighted by molar-refractivity contribution is 6.24. The summed E-state index contributed by atoms with van der Waals surface area (Å²) in [6.45, 7) is 0. The lowest BCUT2D eigenvalue weighted by Crippen LogP contribution is -2.01. The second kappa shape index (κ2) is 10.3. The van der Waals surface area contributed by atoms with E-state index < -0.39 is 0 Å². The Morgan fingerprint density at radius 3 is 1.66 bits per heavy atom. The summed E-state index contributed by atoms with van der Waals surface area (Å²) in [7, 11) is 0. The molecule has 0 saturated heterocycles. The summed E-state index contributed by atoms with van der Waals surface area (Å²) in [5.74, 6) is 0.638. The molecule has 0 spiro atoms. The van der Waals surface area contributed by atoms with E-state index >= 15 is 0 Å². The third-order valence-corrected chi connectivity index (χ3v) is 9.92. The van der Waals surface area contributed by atoms with Crippen molar-refractivity contribution < 1.29 is 4.42 Å². The molecule has 232 valence electrons. The van der Waals surface area contributed by atoms with Crippen molar-refractivity contribution in [3.63, 3.8) is 0 Å². The summed E-state index contributed by atoms with van der Waals surface area (Å²) in [5.41, 5.74) is 11.6. The van der Waals surface area contributed by atoms with Gasteiger partial charge in [-0.2, -0.15) is 0 Å². The smallest absolute Gasteiger partial charge is 0.160 e. The van der Waals surface area contributed by atoms with Crippen LogP contribution in [0.2, 0.25) is 0 Å².